The van der Waals surface area contributed by atoms with Gasteiger partial charge in [-0.3, -0.25) is 0 Å². The van der Waals surface area contributed by atoms with Crippen molar-refractivity contribution >= 4 is 0 Å². The lowest BCUT2D eigenvalue weighted by molar-refractivity contribution is 0.0320. The molecule has 0 aromatic heterocycles. The molecule has 108 valence electrons. The van der Waals surface area contributed by atoms with Gasteiger partial charge in [0.15, 0.2) is 0 Å². The summed E-state index contributed by atoms with van der Waals surface area (Å²) in [6.45, 7) is 7.08. The molecule has 18 heavy (non-hydrogen) atoms. The first kappa shape index (κ1) is 15.9. The van der Waals surface area contributed by atoms with E-state index in [1.165, 1.54) is 26.1 Å². The van der Waals surface area contributed by atoms with Crippen molar-refractivity contribution in [2.24, 2.45) is 11.7 Å². The molecule has 2 atom stereocenters. The summed E-state index contributed by atoms with van der Waals surface area (Å²) in [5.74, 6) is 0.819. The minimum Gasteiger partial charge on any atom is -0.389 e. The molecule has 0 radical (unpaired) electrons. The molecule has 1 rings (SSSR count). The zero-order valence-corrected chi connectivity index (χ0v) is 12.4. The molecule has 1 aliphatic rings. The van der Waals surface area contributed by atoms with Gasteiger partial charge in [0.05, 0.1) is 5.60 Å². The van der Waals surface area contributed by atoms with Crippen molar-refractivity contribution in [2.45, 2.75) is 38.2 Å². The van der Waals surface area contributed by atoms with Crippen molar-refractivity contribution in [3.63, 3.8) is 0 Å². The third-order valence-electron chi connectivity index (χ3n) is 4.28. The summed E-state index contributed by atoms with van der Waals surface area (Å²) in [7, 11) is 4.38. The van der Waals surface area contributed by atoms with E-state index < -0.39 is 5.60 Å². The van der Waals surface area contributed by atoms with Crippen LogP contribution in [0.5, 0.6) is 0 Å². The monoisotopic (exact) mass is 257 g/mol. The van der Waals surface area contributed by atoms with Crippen LogP contribution in [0.3, 0.4) is 0 Å². The zero-order valence-electron chi connectivity index (χ0n) is 12.4. The number of hydrogen-bond donors (Lipinski definition) is 2. The first-order valence-corrected chi connectivity index (χ1v) is 7.28. The molecule has 0 aromatic carbocycles. The van der Waals surface area contributed by atoms with Crippen LogP contribution >= 0.6 is 0 Å². The molecule has 0 aromatic rings. The van der Waals surface area contributed by atoms with Crippen LogP contribution < -0.4 is 5.73 Å². The minimum absolute atomic E-state index is 0.376. The van der Waals surface area contributed by atoms with Gasteiger partial charge in [0.2, 0.25) is 0 Å². The van der Waals surface area contributed by atoms with E-state index in [0.717, 1.165) is 31.7 Å². The Morgan fingerprint density at radius 1 is 1.50 bits per heavy atom. The van der Waals surface area contributed by atoms with E-state index in [2.05, 4.69) is 23.9 Å². The summed E-state index contributed by atoms with van der Waals surface area (Å²) >= 11 is 0. The summed E-state index contributed by atoms with van der Waals surface area (Å²) < 4.78 is 0. The molecule has 0 spiro atoms. The fourth-order valence-electron chi connectivity index (χ4n) is 2.81. The van der Waals surface area contributed by atoms with Gasteiger partial charge in [0.25, 0.3) is 0 Å². The summed E-state index contributed by atoms with van der Waals surface area (Å²) in [5, 5.41) is 10.1. The van der Waals surface area contributed by atoms with Crippen LogP contribution in [0.15, 0.2) is 0 Å². The Morgan fingerprint density at radius 3 is 2.72 bits per heavy atom. The number of rotatable bonds is 8. The third-order valence-corrected chi connectivity index (χ3v) is 4.28. The van der Waals surface area contributed by atoms with Crippen LogP contribution in [0.2, 0.25) is 0 Å². The fourth-order valence-corrected chi connectivity index (χ4v) is 2.81. The predicted octanol–water partition coefficient (Wildman–Crippen LogP) is 0.750. The van der Waals surface area contributed by atoms with Crippen molar-refractivity contribution in [1.29, 1.82) is 0 Å². The lowest BCUT2D eigenvalue weighted by atomic mass is 9.95. The maximum Gasteiger partial charge on any atom is 0.0767 e. The van der Waals surface area contributed by atoms with Gasteiger partial charge < -0.3 is 20.6 Å². The van der Waals surface area contributed by atoms with Gasteiger partial charge in [-0.05, 0) is 58.8 Å². The average molecular weight is 257 g/mol. The standard InChI is InChI=1S/C14H31N3O/c1-4-14(18,12-15)7-5-8-16(2)10-13-6-9-17(3)11-13/h13,18H,4-12,15H2,1-3H3. The van der Waals surface area contributed by atoms with Crippen LogP contribution in [0.1, 0.15) is 32.6 Å². The Kier molecular flexibility index (Phi) is 6.57. The molecule has 1 aliphatic heterocycles. The molecular formula is C14H31N3O. The maximum atomic E-state index is 10.1. The second kappa shape index (κ2) is 7.43. The van der Waals surface area contributed by atoms with Gasteiger partial charge in [0, 0.05) is 19.6 Å². The van der Waals surface area contributed by atoms with Gasteiger partial charge in [-0.2, -0.15) is 0 Å². The van der Waals surface area contributed by atoms with E-state index in [1.54, 1.807) is 0 Å². The van der Waals surface area contributed by atoms with E-state index in [0.29, 0.717) is 6.54 Å². The Morgan fingerprint density at radius 2 is 2.22 bits per heavy atom. The largest absolute Gasteiger partial charge is 0.389 e. The van der Waals surface area contributed by atoms with Crippen molar-refractivity contribution in [2.75, 3.05) is 46.8 Å². The molecule has 4 nitrogen and oxygen atoms in total. The van der Waals surface area contributed by atoms with E-state index in [4.69, 9.17) is 5.73 Å². The van der Waals surface area contributed by atoms with Crippen LogP contribution in [0.25, 0.3) is 0 Å². The van der Waals surface area contributed by atoms with Crippen molar-refractivity contribution in [3.8, 4) is 0 Å². The van der Waals surface area contributed by atoms with Crippen molar-refractivity contribution in [3.05, 3.63) is 0 Å². The predicted molar refractivity (Wildman–Crippen MR) is 76.6 cm³/mol. The van der Waals surface area contributed by atoms with Crippen molar-refractivity contribution in [1.82, 2.24) is 9.80 Å². The number of nitrogens with two attached hydrogens (primary N) is 1. The first-order valence-electron chi connectivity index (χ1n) is 7.28. The van der Waals surface area contributed by atoms with E-state index in [1.807, 2.05) is 6.92 Å². The number of likely N-dealkylation sites (tertiary alicyclic amines) is 1. The minimum atomic E-state index is -0.644. The average Bonchev–Trinajstić information content (AvgIpc) is 2.74. The molecule has 1 fully saturated rings. The summed E-state index contributed by atoms with van der Waals surface area (Å²) in [6.07, 6.45) is 3.92. The van der Waals surface area contributed by atoms with E-state index >= 15 is 0 Å². The maximum absolute atomic E-state index is 10.1. The summed E-state index contributed by atoms with van der Waals surface area (Å²) in [4.78, 5) is 4.80. The molecule has 3 N–H and O–H groups in total. The number of hydrogen-bond acceptors (Lipinski definition) is 4. The molecule has 0 saturated carbocycles. The van der Waals surface area contributed by atoms with Crippen LogP contribution in [0.4, 0.5) is 0 Å². The lowest BCUT2D eigenvalue weighted by Crippen LogP contribution is -2.38. The van der Waals surface area contributed by atoms with E-state index in [-0.39, 0.29) is 0 Å². The molecular weight excluding hydrogens is 226 g/mol. The molecule has 1 heterocycles. The van der Waals surface area contributed by atoms with Gasteiger partial charge in [-0.15, -0.1) is 0 Å². The van der Waals surface area contributed by atoms with Crippen LogP contribution in [0, 0.1) is 5.92 Å². The van der Waals surface area contributed by atoms with Crippen molar-refractivity contribution < 1.29 is 5.11 Å². The Hall–Kier alpha value is -0.160. The van der Waals surface area contributed by atoms with Gasteiger partial charge in [0.1, 0.15) is 0 Å². The first-order chi connectivity index (χ1) is 8.49. The SMILES string of the molecule is CCC(O)(CN)CCCN(C)CC1CCN(C)C1. The lowest BCUT2D eigenvalue weighted by Gasteiger charge is -2.27. The Labute approximate surface area is 112 Å². The normalized spacial score (nSPS) is 24.7. The quantitative estimate of drug-likeness (QED) is 0.674. The fraction of sp³-hybridized carbons (Fsp3) is 1.00. The molecule has 0 amide bonds. The number of nitrogens with zero attached hydrogens (tertiary/aromatic N) is 2. The highest BCUT2D eigenvalue weighted by Gasteiger charge is 2.23. The topological polar surface area (TPSA) is 52.7 Å². The van der Waals surface area contributed by atoms with Gasteiger partial charge in [-0.1, -0.05) is 6.92 Å². The number of aliphatic hydroxyl groups is 1. The Balaban J connectivity index is 2.15. The molecule has 0 bridgehead atoms. The zero-order chi connectivity index (χ0) is 13.6. The molecule has 0 aliphatic carbocycles. The van der Waals surface area contributed by atoms with Crippen LogP contribution in [-0.4, -0.2) is 67.3 Å². The summed E-state index contributed by atoms with van der Waals surface area (Å²) in [5.41, 5.74) is 4.97. The highest BCUT2D eigenvalue weighted by Crippen LogP contribution is 2.17. The second-order valence-electron chi connectivity index (χ2n) is 6.06. The third kappa shape index (κ3) is 5.22. The van der Waals surface area contributed by atoms with Gasteiger partial charge in [-0.25, -0.2) is 0 Å². The molecule has 4 heteroatoms. The highest BCUT2D eigenvalue weighted by molar-refractivity contribution is 4.79. The highest BCUT2D eigenvalue weighted by atomic mass is 16.3. The van der Waals surface area contributed by atoms with E-state index in [9.17, 15) is 5.11 Å². The Bertz CT molecular complexity index is 231. The second-order valence-corrected chi connectivity index (χ2v) is 6.06. The van der Waals surface area contributed by atoms with Gasteiger partial charge >= 0.3 is 0 Å². The molecule has 2 unspecified atom stereocenters. The van der Waals surface area contributed by atoms with Crippen LogP contribution in [-0.2, 0) is 0 Å². The smallest absolute Gasteiger partial charge is 0.0767 e. The summed E-state index contributed by atoms with van der Waals surface area (Å²) in [6, 6.07) is 0. The molecule has 1 saturated heterocycles.